The van der Waals surface area contributed by atoms with Crippen molar-refractivity contribution in [2.75, 3.05) is 0 Å². The van der Waals surface area contributed by atoms with Crippen molar-refractivity contribution in [1.29, 1.82) is 0 Å². The van der Waals surface area contributed by atoms with E-state index in [1.807, 2.05) is 0 Å². The van der Waals surface area contributed by atoms with E-state index in [9.17, 15) is 0 Å². The molecule has 0 radical (unpaired) electrons. The van der Waals surface area contributed by atoms with Crippen molar-refractivity contribution in [2.45, 2.75) is 39.3 Å². The number of hydrogen-bond acceptors (Lipinski definition) is 0. The average Bonchev–Trinajstić information content (AvgIpc) is 1.80. The molecule has 0 heterocycles. The zero-order valence-electron chi connectivity index (χ0n) is 9.41. The first-order chi connectivity index (χ1) is 5.07. The minimum atomic E-state index is -1.19. The fraction of sp³-hybridized carbons (Fsp3) is 0.600. The molecule has 0 nitrogen and oxygen atoms in total. The van der Waals surface area contributed by atoms with E-state index < -0.39 is 16.1 Å². The summed E-state index contributed by atoms with van der Waals surface area (Å²) in [5.41, 5.74) is 0. The van der Waals surface area contributed by atoms with E-state index in [0.717, 1.165) is 0 Å². The Morgan fingerprint density at radius 1 is 0.667 bits per heavy atom. The lowest BCUT2D eigenvalue weighted by Crippen LogP contribution is -2.33. The van der Waals surface area contributed by atoms with Crippen LogP contribution >= 0.6 is 0 Å². The van der Waals surface area contributed by atoms with Gasteiger partial charge in [-0.2, -0.15) is 0 Å². The minimum absolute atomic E-state index is 1.19. The van der Waals surface area contributed by atoms with Gasteiger partial charge in [-0.3, -0.25) is 0 Å². The zero-order chi connectivity index (χ0) is 10.2. The number of allylic oxidation sites excluding steroid dienone is 2. The quantitative estimate of drug-likeness (QED) is 0.477. The van der Waals surface area contributed by atoms with Crippen molar-refractivity contribution in [3.8, 4) is 0 Å². The first-order valence-corrected chi connectivity index (χ1v) is 11.5. The largest absolute Gasteiger partial charge is 0.0999 e. The lowest BCUT2D eigenvalue weighted by Gasteiger charge is -2.28. The Balaban J connectivity index is 4.66. The average molecular weight is 198 g/mol. The minimum Gasteiger partial charge on any atom is -0.0999 e. The molecule has 0 aromatic rings. The molecular formula is C10H22Si2. The Hall–Kier alpha value is -0.0862. The molecule has 2 heteroatoms. The van der Waals surface area contributed by atoms with E-state index in [2.05, 4.69) is 52.4 Å². The van der Waals surface area contributed by atoms with E-state index in [4.69, 9.17) is 0 Å². The third-order valence-corrected chi connectivity index (χ3v) is 6.65. The van der Waals surface area contributed by atoms with Crippen molar-refractivity contribution >= 4 is 16.1 Å². The molecule has 0 saturated carbocycles. The van der Waals surface area contributed by atoms with Crippen LogP contribution in [0, 0.1) is 0 Å². The van der Waals surface area contributed by atoms with Crippen LogP contribution in [0.4, 0.5) is 0 Å². The highest BCUT2D eigenvalue weighted by Crippen LogP contribution is 2.26. The number of rotatable bonds is 3. The van der Waals surface area contributed by atoms with Crippen LogP contribution in [0.15, 0.2) is 23.6 Å². The summed E-state index contributed by atoms with van der Waals surface area (Å²) >= 11 is 0. The van der Waals surface area contributed by atoms with Gasteiger partial charge in [0.15, 0.2) is 0 Å². The van der Waals surface area contributed by atoms with E-state index in [1.54, 1.807) is 0 Å². The molecule has 0 aromatic carbocycles. The van der Waals surface area contributed by atoms with Crippen molar-refractivity contribution in [1.82, 2.24) is 0 Å². The summed E-state index contributed by atoms with van der Waals surface area (Å²) in [7, 11) is -2.39. The summed E-state index contributed by atoms with van der Waals surface area (Å²) in [6, 6.07) is 0. The summed E-state index contributed by atoms with van der Waals surface area (Å²) in [6.45, 7) is 22.4. The molecule has 0 atom stereocenters. The van der Waals surface area contributed by atoms with Gasteiger partial charge in [-0.25, -0.2) is 0 Å². The van der Waals surface area contributed by atoms with Crippen LogP contribution in [-0.2, 0) is 0 Å². The van der Waals surface area contributed by atoms with E-state index >= 15 is 0 Å². The van der Waals surface area contributed by atoms with Gasteiger partial charge in [-0.05, 0) is 0 Å². The second-order valence-electron chi connectivity index (χ2n) is 5.46. The van der Waals surface area contributed by atoms with Crippen molar-refractivity contribution in [3.05, 3.63) is 23.6 Å². The van der Waals surface area contributed by atoms with Gasteiger partial charge in [0.05, 0.1) is 16.1 Å². The summed E-state index contributed by atoms with van der Waals surface area (Å²) in [6.07, 6.45) is 0. The summed E-state index contributed by atoms with van der Waals surface area (Å²) in [5.74, 6) is 0. The fourth-order valence-corrected chi connectivity index (χ4v) is 4.97. The third kappa shape index (κ3) is 3.11. The van der Waals surface area contributed by atoms with Crippen molar-refractivity contribution < 1.29 is 0 Å². The van der Waals surface area contributed by atoms with Crippen LogP contribution in [0.2, 0.25) is 39.3 Å². The molecule has 0 unspecified atom stereocenters. The van der Waals surface area contributed by atoms with Gasteiger partial charge in [-0.1, -0.05) is 62.8 Å². The van der Waals surface area contributed by atoms with Crippen LogP contribution in [-0.4, -0.2) is 16.1 Å². The molecule has 0 aromatic heterocycles. The topological polar surface area (TPSA) is 0 Å². The second-order valence-corrected chi connectivity index (χ2v) is 15.7. The molecule has 0 fully saturated rings. The molecule has 0 spiro atoms. The standard InChI is InChI=1S/C10H22Si2/c1-9(11(3,4)5)10(2)12(6,7)8/h1-2H2,3-8H3. The predicted octanol–water partition coefficient (Wildman–Crippen LogP) is 3.85. The SMILES string of the molecule is C=C(C(=C)[Si](C)(C)C)[Si](C)(C)C. The molecule has 0 aliphatic carbocycles. The van der Waals surface area contributed by atoms with E-state index in [-0.39, 0.29) is 0 Å². The molecule has 0 amide bonds. The Labute approximate surface area is 79.4 Å². The second kappa shape index (κ2) is 3.34. The van der Waals surface area contributed by atoms with Crippen molar-refractivity contribution in [3.63, 3.8) is 0 Å². The smallest absolute Gasteiger partial charge is 0.0766 e. The molecule has 0 aliphatic heterocycles. The van der Waals surface area contributed by atoms with Crippen LogP contribution in [0.25, 0.3) is 0 Å². The van der Waals surface area contributed by atoms with E-state index in [0.29, 0.717) is 0 Å². The normalized spacial score (nSPS) is 12.8. The lowest BCUT2D eigenvalue weighted by molar-refractivity contribution is 1.58. The Bertz CT molecular complexity index is 177. The molecule has 12 heavy (non-hydrogen) atoms. The highest BCUT2D eigenvalue weighted by molar-refractivity contribution is 6.91. The maximum Gasteiger partial charge on any atom is 0.0766 e. The first-order valence-electron chi connectivity index (χ1n) is 4.46. The number of hydrogen-bond donors (Lipinski definition) is 0. The Kier molecular flexibility index (Phi) is 3.32. The molecule has 0 saturated heterocycles. The maximum atomic E-state index is 4.19. The van der Waals surface area contributed by atoms with Crippen LogP contribution in [0.3, 0.4) is 0 Å². The van der Waals surface area contributed by atoms with Gasteiger partial charge in [0.2, 0.25) is 0 Å². The van der Waals surface area contributed by atoms with Gasteiger partial charge in [0, 0.05) is 0 Å². The lowest BCUT2D eigenvalue weighted by atomic mass is 10.6. The fourth-order valence-electron chi connectivity index (χ4n) is 0.905. The van der Waals surface area contributed by atoms with Gasteiger partial charge in [0.25, 0.3) is 0 Å². The van der Waals surface area contributed by atoms with Crippen LogP contribution in [0.1, 0.15) is 0 Å². The summed E-state index contributed by atoms with van der Waals surface area (Å²) < 4.78 is 0. The highest BCUT2D eigenvalue weighted by atomic mass is 28.3. The zero-order valence-corrected chi connectivity index (χ0v) is 11.4. The van der Waals surface area contributed by atoms with Gasteiger partial charge < -0.3 is 0 Å². The molecule has 0 rings (SSSR count). The molecule has 0 N–H and O–H groups in total. The van der Waals surface area contributed by atoms with Gasteiger partial charge >= 0.3 is 0 Å². The Morgan fingerprint density at radius 3 is 0.917 bits per heavy atom. The first kappa shape index (κ1) is 11.9. The Morgan fingerprint density at radius 2 is 0.833 bits per heavy atom. The maximum absolute atomic E-state index is 4.19. The molecular weight excluding hydrogens is 176 g/mol. The third-order valence-electron chi connectivity index (χ3n) is 2.17. The summed E-state index contributed by atoms with van der Waals surface area (Å²) in [4.78, 5) is 0. The van der Waals surface area contributed by atoms with Crippen LogP contribution < -0.4 is 0 Å². The molecule has 0 aliphatic rings. The van der Waals surface area contributed by atoms with Crippen molar-refractivity contribution in [2.24, 2.45) is 0 Å². The van der Waals surface area contributed by atoms with Crippen LogP contribution in [0.5, 0.6) is 0 Å². The predicted molar refractivity (Wildman–Crippen MR) is 65.0 cm³/mol. The van der Waals surface area contributed by atoms with E-state index in [1.165, 1.54) is 10.4 Å². The molecule has 70 valence electrons. The van der Waals surface area contributed by atoms with Gasteiger partial charge in [-0.15, -0.1) is 0 Å². The summed E-state index contributed by atoms with van der Waals surface area (Å²) in [5, 5.41) is 2.73. The molecule has 0 bridgehead atoms. The van der Waals surface area contributed by atoms with Gasteiger partial charge in [0.1, 0.15) is 0 Å². The highest BCUT2D eigenvalue weighted by Gasteiger charge is 2.27. The monoisotopic (exact) mass is 198 g/mol.